The molecule has 0 saturated carbocycles. The first-order valence-corrected chi connectivity index (χ1v) is 9.63. The summed E-state index contributed by atoms with van der Waals surface area (Å²) in [5, 5.41) is 0. The van der Waals surface area contributed by atoms with Gasteiger partial charge in [0.05, 0.1) is 4.90 Å². The molecule has 1 unspecified atom stereocenters. The molecule has 112 valence electrons. The Labute approximate surface area is 134 Å². The van der Waals surface area contributed by atoms with Gasteiger partial charge in [-0.25, -0.2) is 8.42 Å². The lowest BCUT2D eigenvalue weighted by molar-refractivity contribution is 0.246. The zero-order chi connectivity index (χ0) is 14.8. The predicted molar refractivity (Wildman–Crippen MR) is 85.5 cm³/mol. The van der Waals surface area contributed by atoms with E-state index in [4.69, 9.17) is 11.6 Å². The maximum atomic E-state index is 12.9. The summed E-state index contributed by atoms with van der Waals surface area (Å²) in [5.74, 6) is 0.313. The maximum absolute atomic E-state index is 12.9. The molecule has 1 aliphatic rings. The van der Waals surface area contributed by atoms with Crippen LogP contribution in [0.5, 0.6) is 0 Å². The molecule has 2 rings (SSSR count). The van der Waals surface area contributed by atoms with Gasteiger partial charge in [0.15, 0.2) is 0 Å². The summed E-state index contributed by atoms with van der Waals surface area (Å²) in [6.45, 7) is 2.65. The fraction of sp³-hybridized carbons (Fsp3) is 0.571. The summed E-state index contributed by atoms with van der Waals surface area (Å²) < 4.78 is 28.1. The van der Waals surface area contributed by atoms with E-state index in [1.54, 1.807) is 16.4 Å². The third-order valence-electron chi connectivity index (χ3n) is 3.78. The topological polar surface area (TPSA) is 37.4 Å². The Bertz CT molecular complexity index is 577. The molecular formula is C14H19BrClNO2S. The van der Waals surface area contributed by atoms with E-state index in [9.17, 15) is 8.42 Å². The molecule has 1 saturated heterocycles. The van der Waals surface area contributed by atoms with Crippen molar-refractivity contribution in [3.63, 3.8) is 0 Å². The summed E-state index contributed by atoms with van der Waals surface area (Å²) in [6.07, 6.45) is 3.84. The number of rotatable bonds is 4. The Morgan fingerprint density at radius 1 is 1.40 bits per heavy atom. The second kappa shape index (κ2) is 6.77. The lowest BCUT2D eigenvalue weighted by Crippen LogP contribution is -2.43. The van der Waals surface area contributed by atoms with Crippen LogP contribution in [0.4, 0.5) is 0 Å². The molecule has 1 aromatic rings. The molecule has 1 heterocycles. The summed E-state index contributed by atoms with van der Waals surface area (Å²) >= 11 is 9.17. The fourth-order valence-electron chi connectivity index (χ4n) is 2.65. The molecule has 3 nitrogen and oxygen atoms in total. The highest BCUT2D eigenvalue weighted by Gasteiger charge is 2.33. The second-order valence-electron chi connectivity index (χ2n) is 5.07. The van der Waals surface area contributed by atoms with Gasteiger partial charge < -0.3 is 0 Å². The first kappa shape index (κ1) is 16.3. The van der Waals surface area contributed by atoms with Gasteiger partial charge in [-0.05, 0) is 52.9 Å². The van der Waals surface area contributed by atoms with Crippen LogP contribution in [0.2, 0.25) is 0 Å². The number of benzene rings is 1. The molecule has 0 spiro atoms. The molecule has 0 N–H and O–H groups in total. The largest absolute Gasteiger partial charge is 0.244 e. The van der Waals surface area contributed by atoms with E-state index in [1.807, 2.05) is 13.0 Å². The quantitative estimate of drug-likeness (QED) is 0.736. The van der Waals surface area contributed by atoms with Crippen LogP contribution < -0.4 is 0 Å². The Balaban J connectivity index is 2.43. The Morgan fingerprint density at radius 2 is 2.15 bits per heavy atom. The van der Waals surface area contributed by atoms with Gasteiger partial charge in [-0.2, -0.15) is 4.31 Å². The van der Waals surface area contributed by atoms with Gasteiger partial charge in [-0.15, -0.1) is 11.6 Å². The van der Waals surface area contributed by atoms with Crippen LogP contribution in [-0.2, 0) is 15.9 Å². The molecule has 0 amide bonds. The van der Waals surface area contributed by atoms with E-state index in [2.05, 4.69) is 15.9 Å². The zero-order valence-electron chi connectivity index (χ0n) is 11.5. The molecule has 1 fully saturated rings. The highest BCUT2D eigenvalue weighted by molar-refractivity contribution is 9.10. The van der Waals surface area contributed by atoms with Crippen LogP contribution in [0.15, 0.2) is 27.6 Å². The van der Waals surface area contributed by atoms with Gasteiger partial charge in [0.2, 0.25) is 10.0 Å². The lowest BCUT2D eigenvalue weighted by Gasteiger charge is -2.34. The average molecular weight is 381 g/mol. The Morgan fingerprint density at radius 3 is 2.80 bits per heavy atom. The molecule has 0 aliphatic carbocycles. The molecule has 1 aliphatic heterocycles. The predicted octanol–water partition coefficient (Wildman–Crippen LogP) is 4.14. The van der Waals surface area contributed by atoms with Crippen LogP contribution in [0, 0.1) is 0 Å². The van der Waals surface area contributed by atoms with Gasteiger partial charge in [-0.3, -0.25) is 0 Å². The van der Waals surface area contributed by atoms with Crippen LogP contribution >= 0.6 is 27.5 Å². The zero-order valence-corrected chi connectivity index (χ0v) is 14.6. The number of hydrogen-bond donors (Lipinski definition) is 0. The van der Waals surface area contributed by atoms with Gasteiger partial charge >= 0.3 is 0 Å². The third kappa shape index (κ3) is 3.21. The van der Waals surface area contributed by atoms with E-state index in [0.29, 0.717) is 21.8 Å². The van der Waals surface area contributed by atoms with E-state index < -0.39 is 10.0 Å². The van der Waals surface area contributed by atoms with Crippen molar-refractivity contribution in [2.45, 2.75) is 49.4 Å². The highest BCUT2D eigenvalue weighted by atomic mass is 79.9. The molecular weight excluding hydrogens is 362 g/mol. The number of halogens is 2. The monoisotopic (exact) mass is 379 g/mol. The standard InChI is InChI=1S/C14H19BrClNO2S/c1-2-12-5-3-4-8-17(12)20(18,19)14-9-11(10-16)6-7-13(14)15/h6-7,9,12H,2-5,8,10H2,1H3. The summed E-state index contributed by atoms with van der Waals surface area (Å²) in [7, 11) is -3.46. The van der Waals surface area contributed by atoms with Crippen molar-refractivity contribution in [2.75, 3.05) is 6.54 Å². The van der Waals surface area contributed by atoms with Crippen molar-refractivity contribution < 1.29 is 8.42 Å². The average Bonchev–Trinajstić information content (AvgIpc) is 2.47. The van der Waals surface area contributed by atoms with E-state index in [-0.39, 0.29) is 6.04 Å². The minimum atomic E-state index is -3.46. The molecule has 0 radical (unpaired) electrons. The first-order valence-electron chi connectivity index (χ1n) is 6.87. The van der Waals surface area contributed by atoms with Crippen LogP contribution in [0.25, 0.3) is 0 Å². The minimum Gasteiger partial charge on any atom is -0.207 e. The van der Waals surface area contributed by atoms with Gasteiger partial charge in [0.1, 0.15) is 0 Å². The number of alkyl halides is 1. The van der Waals surface area contributed by atoms with Crippen molar-refractivity contribution in [1.82, 2.24) is 4.31 Å². The maximum Gasteiger partial charge on any atom is 0.244 e. The lowest BCUT2D eigenvalue weighted by atomic mass is 10.0. The van der Waals surface area contributed by atoms with Crippen LogP contribution in [0.3, 0.4) is 0 Å². The molecule has 0 bridgehead atoms. The minimum absolute atomic E-state index is 0.111. The van der Waals surface area contributed by atoms with E-state index in [1.165, 1.54) is 0 Å². The normalized spacial score (nSPS) is 21.1. The van der Waals surface area contributed by atoms with Crippen LogP contribution in [-0.4, -0.2) is 25.3 Å². The van der Waals surface area contributed by atoms with Gasteiger partial charge in [0, 0.05) is 22.9 Å². The first-order chi connectivity index (χ1) is 9.50. The van der Waals surface area contributed by atoms with E-state index >= 15 is 0 Å². The molecule has 1 aromatic carbocycles. The molecule has 20 heavy (non-hydrogen) atoms. The van der Waals surface area contributed by atoms with Crippen molar-refractivity contribution in [3.8, 4) is 0 Å². The summed E-state index contributed by atoms with van der Waals surface area (Å²) in [4.78, 5) is 0.330. The summed E-state index contributed by atoms with van der Waals surface area (Å²) in [5.41, 5.74) is 0.818. The van der Waals surface area contributed by atoms with Gasteiger partial charge in [0.25, 0.3) is 0 Å². The SMILES string of the molecule is CCC1CCCCN1S(=O)(=O)c1cc(CCl)ccc1Br. The molecule has 6 heteroatoms. The van der Waals surface area contributed by atoms with E-state index in [0.717, 1.165) is 31.2 Å². The Kier molecular flexibility index (Phi) is 5.51. The number of sulfonamides is 1. The summed E-state index contributed by atoms with van der Waals surface area (Å²) in [6, 6.07) is 5.38. The van der Waals surface area contributed by atoms with Crippen molar-refractivity contribution in [1.29, 1.82) is 0 Å². The van der Waals surface area contributed by atoms with Crippen LogP contribution in [0.1, 0.15) is 38.2 Å². The number of piperidine rings is 1. The Hall–Kier alpha value is -0.100. The number of hydrogen-bond acceptors (Lipinski definition) is 2. The smallest absolute Gasteiger partial charge is 0.207 e. The van der Waals surface area contributed by atoms with Gasteiger partial charge in [-0.1, -0.05) is 19.4 Å². The van der Waals surface area contributed by atoms with Crippen molar-refractivity contribution in [3.05, 3.63) is 28.2 Å². The molecule has 1 atom stereocenters. The fourth-order valence-corrected chi connectivity index (χ4v) is 5.56. The molecule has 0 aromatic heterocycles. The van der Waals surface area contributed by atoms with Crippen molar-refractivity contribution >= 4 is 37.6 Å². The highest BCUT2D eigenvalue weighted by Crippen LogP contribution is 2.31. The third-order valence-corrected chi connectivity index (χ3v) is 7.04. The second-order valence-corrected chi connectivity index (χ2v) is 8.05. The van der Waals surface area contributed by atoms with Crippen molar-refractivity contribution in [2.24, 2.45) is 0 Å². The number of nitrogens with zero attached hydrogens (tertiary/aromatic N) is 1.